The Bertz CT molecular complexity index is 959. The van der Waals surface area contributed by atoms with E-state index in [1.807, 2.05) is 38.1 Å². The fourth-order valence-corrected chi connectivity index (χ4v) is 4.72. The van der Waals surface area contributed by atoms with Crippen molar-refractivity contribution in [2.24, 2.45) is 0 Å². The van der Waals surface area contributed by atoms with E-state index in [-0.39, 0.29) is 27.4 Å². The molecule has 1 aliphatic heterocycles. The van der Waals surface area contributed by atoms with E-state index in [1.54, 1.807) is 0 Å². The van der Waals surface area contributed by atoms with Gasteiger partial charge in [-0.1, -0.05) is 42.8 Å². The molecule has 0 fully saturated rings. The fraction of sp³-hybridized carbons (Fsp3) is 0.350. The van der Waals surface area contributed by atoms with Gasteiger partial charge in [0.1, 0.15) is 0 Å². The summed E-state index contributed by atoms with van der Waals surface area (Å²) in [6.07, 6.45) is 1.44. The van der Waals surface area contributed by atoms with Gasteiger partial charge in [-0.05, 0) is 49.1 Å². The van der Waals surface area contributed by atoms with Crippen LogP contribution in [-0.4, -0.2) is 31.2 Å². The second-order valence-corrected chi connectivity index (χ2v) is 9.13. The second-order valence-electron chi connectivity index (χ2n) is 6.78. The lowest BCUT2D eigenvalue weighted by atomic mass is 10.0. The van der Waals surface area contributed by atoms with Crippen molar-refractivity contribution < 1.29 is 13.2 Å². The first-order valence-electron chi connectivity index (χ1n) is 9.00. The number of halogens is 1. The first-order chi connectivity index (χ1) is 12.8. The van der Waals surface area contributed by atoms with Crippen LogP contribution in [0.15, 0.2) is 47.4 Å². The average molecular weight is 407 g/mol. The Morgan fingerprint density at radius 3 is 2.63 bits per heavy atom. The zero-order chi connectivity index (χ0) is 19.6. The number of nitrogens with zero attached hydrogens (tertiary/aromatic N) is 1. The maximum Gasteiger partial charge on any atom is 0.253 e. The fourth-order valence-electron chi connectivity index (χ4n) is 3.07. The van der Waals surface area contributed by atoms with Crippen LogP contribution in [-0.2, 0) is 23.0 Å². The molecule has 5 nitrogen and oxygen atoms in total. The lowest BCUT2D eigenvalue weighted by molar-refractivity contribution is 0.0939. The number of hydrogen-bond acceptors (Lipinski definition) is 3. The zero-order valence-corrected chi connectivity index (χ0v) is 17.0. The number of amides is 1. The number of fused-ring (bicyclic) bond motifs is 1. The van der Waals surface area contributed by atoms with Crippen LogP contribution in [0.25, 0.3) is 0 Å². The third-order valence-corrected chi connectivity index (χ3v) is 7.08. The molecule has 0 bridgehead atoms. The highest BCUT2D eigenvalue weighted by atomic mass is 35.5. The summed E-state index contributed by atoms with van der Waals surface area (Å²) in [5.41, 5.74) is 2.36. The van der Waals surface area contributed by atoms with E-state index in [9.17, 15) is 13.2 Å². The SMILES string of the molecule is CC[C@H](C)NC(=O)c1cc(S(=O)(=O)N2CCc3ccccc3C2)ccc1Cl. The minimum atomic E-state index is -3.72. The molecule has 7 heteroatoms. The van der Waals surface area contributed by atoms with E-state index < -0.39 is 10.0 Å². The van der Waals surface area contributed by atoms with Gasteiger partial charge >= 0.3 is 0 Å². The molecule has 3 rings (SSSR count). The average Bonchev–Trinajstić information content (AvgIpc) is 2.67. The Morgan fingerprint density at radius 2 is 1.93 bits per heavy atom. The molecule has 1 amide bonds. The molecule has 144 valence electrons. The van der Waals surface area contributed by atoms with Crippen LogP contribution in [0.1, 0.15) is 41.8 Å². The molecule has 2 aromatic carbocycles. The van der Waals surface area contributed by atoms with Crippen LogP contribution in [0.5, 0.6) is 0 Å². The molecule has 1 atom stereocenters. The van der Waals surface area contributed by atoms with Crippen molar-refractivity contribution in [3.05, 3.63) is 64.2 Å². The molecule has 0 unspecified atom stereocenters. The van der Waals surface area contributed by atoms with Crippen LogP contribution in [0.3, 0.4) is 0 Å². The number of rotatable bonds is 5. The summed E-state index contributed by atoms with van der Waals surface area (Å²) < 4.78 is 27.7. The number of benzene rings is 2. The van der Waals surface area contributed by atoms with E-state index in [0.717, 1.165) is 12.0 Å². The molecule has 1 heterocycles. The Kier molecular flexibility index (Phi) is 5.89. The van der Waals surface area contributed by atoms with Crippen LogP contribution in [0.4, 0.5) is 0 Å². The number of hydrogen-bond donors (Lipinski definition) is 1. The topological polar surface area (TPSA) is 66.5 Å². The highest BCUT2D eigenvalue weighted by Crippen LogP contribution is 2.27. The summed E-state index contributed by atoms with van der Waals surface area (Å²) >= 11 is 6.15. The quantitative estimate of drug-likeness (QED) is 0.824. The number of carbonyl (C=O) groups is 1. The number of nitrogens with one attached hydrogen (secondary N) is 1. The monoisotopic (exact) mass is 406 g/mol. The molecule has 0 saturated heterocycles. The highest BCUT2D eigenvalue weighted by Gasteiger charge is 2.29. The minimum Gasteiger partial charge on any atom is -0.350 e. The smallest absolute Gasteiger partial charge is 0.253 e. The summed E-state index contributed by atoms with van der Waals surface area (Å²) in [5, 5.41) is 3.06. The first-order valence-corrected chi connectivity index (χ1v) is 10.8. The van der Waals surface area contributed by atoms with Crippen LogP contribution < -0.4 is 5.32 Å². The molecule has 27 heavy (non-hydrogen) atoms. The van der Waals surface area contributed by atoms with Crippen molar-refractivity contribution in [2.45, 2.75) is 44.2 Å². The Morgan fingerprint density at radius 1 is 1.22 bits per heavy atom. The van der Waals surface area contributed by atoms with Gasteiger partial charge in [-0.25, -0.2) is 8.42 Å². The van der Waals surface area contributed by atoms with Gasteiger partial charge in [0.2, 0.25) is 10.0 Å². The standard InChI is InChI=1S/C20H23ClN2O3S/c1-3-14(2)22-20(24)18-12-17(8-9-19(18)21)27(25,26)23-11-10-15-6-4-5-7-16(15)13-23/h4-9,12,14H,3,10-11,13H2,1-2H3,(H,22,24)/t14-/m0/s1. The molecule has 0 radical (unpaired) electrons. The van der Waals surface area contributed by atoms with Gasteiger partial charge in [0.25, 0.3) is 5.91 Å². The zero-order valence-electron chi connectivity index (χ0n) is 15.4. The predicted octanol–water partition coefficient (Wildman–Crippen LogP) is 3.62. The van der Waals surface area contributed by atoms with E-state index in [1.165, 1.54) is 28.1 Å². The van der Waals surface area contributed by atoms with Gasteiger partial charge in [-0.3, -0.25) is 4.79 Å². The summed E-state index contributed by atoms with van der Waals surface area (Å²) in [6.45, 7) is 4.59. The molecular weight excluding hydrogens is 384 g/mol. The summed E-state index contributed by atoms with van der Waals surface area (Å²) in [7, 11) is -3.72. The third kappa shape index (κ3) is 4.18. The van der Waals surface area contributed by atoms with Crippen LogP contribution >= 0.6 is 11.6 Å². The van der Waals surface area contributed by atoms with Crippen LogP contribution in [0, 0.1) is 0 Å². The van der Waals surface area contributed by atoms with Crippen molar-refractivity contribution in [3.63, 3.8) is 0 Å². The van der Waals surface area contributed by atoms with E-state index in [2.05, 4.69) is 5.32 Å². The van der Waals surface area contributed by atoms with Gasteiger partial charge in [0.15, 0.2) is 0 Å². The maximum atomic E-state index is 13.1. The van der Waals surface area contributed by atoms with Gasteiger partial charge in [0.05, 0.1) is 15.5 Å². The van der Waals surface area contributed by atoms with Crippen molar-refractivity contribution in [1.29, 1.82) is 0 Å². The van der Waals surface area contributed by atoms with Gasteiger partial charge < -0.3 is 5.32 Å². The molecule has 0 aliphatic carbocycles. The molecule has 1 N–H and O–H groups in total. The van der Waals surface area contributed by atoms with Crippen molar-refractivity contribution >= 4 is 27.5 Å². The normalized spacial score (nSPS) is 15.8. The molecule has 0 aromatic heterocycles. The van der Waals surface area contributed by atoms with Crippen LogP contribution in [0.2, 0.25) is 5.02 Å². The van der Waals surface area contributed by atoms with E-state index >= 15 is 0 Å². The predicted molar refractivity (Wildman–Crippen MR) is 106 cm³/mol. The molecule has 2 aromatic rings. The Labute approximate surface area is 165 Å². The highest BCUT2D eigenvalue weighted by molar-refractivity contribution is 7.89. The summed E-state index contributed by atoms with van der Waals surface area (Å²) in [4.78, 5) is 12.5. The second kappa shape index (κ2) is 8.00. The first kappa shape index (κ1) is 19.9. The van der Waals surface area contributed by atoms with Crippen molar-refractivity contribution in [1.82, 2.24) is 9.62 Å². The molecular formula is C20H23ClN2O3S. The van der Waals surface area contributed by atoms with E-state index in [0.29, 0.717) is 19.5 Å². The number of sulfonamides is 1. The Hall–Kier alpha value is -1.89. The summed E-state index contributed by atoms with van der Waals surface area (Å²) in [6, 6.07) is 12.1. The number of carbonyl (C=O) groups excluding carboxylic acids is 1. The minimum absolute atomic E-state index is 0.0209. The largest absolute Gasteiger partial charge is 0.350 e. The maximum absolute atomic E-state index is 13.1. The molecule has 0 saturated carbocycles. The van der Waals surface area contributed by atoms with Gasteiger partial charge in [-0.15, -0.1) is 0 Å². The van der Waals surface area contributed by atoms with Gasteiger partial charge in [0, 0.05) is 19.1 Å². The van der Waals surface area contributed by atoms with E-state index in [4.69, 9.17) is 11.6 Å². The van der Waals surface area contributed by atoms with Gasteiger partial charge in [-0.2, -0.15) is 4.31 Å². The molecule has 1 aliphatic rings. The molecule has 0 spiro atoms. The Balaban J connectivity index is 1.89. The van der Waals surface area contributed by atoms with Crippen molar-refractivity contribution in [3.8, 4) is 0 Å². The third-order valence-electron chi connectivity index (χ3n) is 4.91. The summed E-state index contributed by atoms with van der Waals surface area (Å²) in [5.74, 6) is -0.365. The lowest BCUT2D eigenvalue weighted by Crippen LogP contribution is -2.36. The lowest BCUT2D eigenvalue weighted by Gasteiger charge is -2.28. The van der Waals surface area contributed by atoms with Crippen molar-refractivity contribution in [2.75, 3.05) is 6.54 Å².